The molecule has 0 bridgehead atoms. The van der Waals surface area contributed by atoms with E-state index in [9.17, 15) is 13.2 Å². The van der Waals surface area contributed by atoms with Gasteiger partial charge in [-0.05, 0) is 25.8 Å². The third kappa shape index (κ3) is 2.61. The van der Waals surface area contributed by atoms with Gasteiger partial charge in [-0.15, -0.1) is 0 Å². The van der Waals surface area contributed by atoms with Crippen LogP contribution in [0.15, 0.2) is 24.3 Å². The van der Waals surface area contributed by atoms with E-state index in [1.807, 2.05) is 13.0 Å². The van der Waals surface area contributed by atoms with Gasteiger partial charge in [0.1, 0.15) is 11.3 Å². The molecule has 0 aromatic heterocycles. The fraction of sp³-hybridized carbons (Fsp3) is 0.538. The van der Waals surface area contributed by atoms with Gasteiger partial charge in [-0.3, -0.25) is 5.32 Å². The fourth-order valence-electron chi connectivity index (χ4n) is 1.90. The summed E-state index contributed by atoms with van der Waals surface area (Å²) in [4.78, 5) is 0. The first-order chi connectivity index (χ1) is 8.48. The molecule has 1 N–H and O–H groups in total. The zero-order chi connectivity index (χ0) is 13.2. The van der Waals surface area contributed by atoms with Crippen molar-refractivity contribution in [2.24, 2.45) is 0 Å². The molecule has 0 spiro atoms. The molecule has 0 atom stereocenters. The van der Waals surface area contributed by atoms with E-state index in [1.54, 1.807) is 18.2 Å². The quantitative estimate of drug-likeness (QED) is 0.876. The van der Waals surface area contributed by atoms with Crippen LogP contribution in [0.5, 0.6) is 5.75 Å². The first kappa shape index (κ1) is 13.2. The Morgan fingerprint density at radius 1 is 1.28 bits per heavy atom. The number of hydrogen-bond donors (Lipinski definition) is 1. The van der Waals surface area contributed by atoms with E-state index in [0.717, 1.165) is 5.56 Å². The topological polar surface area (TPSA) is 21.3 Å². The van der Waals surface area contributed by atoms with Crippen LogP contribution in [0.1, 0.15) is 25.3 Å². The number of para-hydroxylation sites is 1. The second kappa shape index (κ2) is 4.80. The molecule has 0 amide bonds. The third-order valence-electron chi connectivity index (χ3n) is 3.18. The average molecular weight is 259 g/mol. The second-order valence-electron chi connectivity index (χ2n) is 4.47. The highest BCUT2D eigenvalue weighted by Crippen LogP contribution is 2.49. The molecule has 1 saturated carbocycles. The van der Waals surface area contributed by atoms with Crippen molar-refractivity contribution in [3.05, 3.63) is 29.8 Å². The Morgan fingerprint density at radius 2 is 1.94 bits per heavy atom. The van der Waals surface area contributed by atoms with Crippen molar-refractivity contribution in [1.29, 1.82) is 0 Å². The van der Waals surface area contributed by atoms with Gasteiger partial charge in [-0.25, -0.2) is 0 Å². The van der Waals surface area contributed by atoms with Crippen LogP contribution in [0.4, 0.5) is 13.2 Å². The van der Waals surface area contributed by atoms with Crippen molar-refractivity contribution in [3.8, 4) is 5.75 Å². The van der Waals surface area contributed by atoms with Gasteiger partial charge in [0.05, 0.1) is 6.61 Å². The van der Waals surface area contributed by atoms with Crippen LogP contribution in [0.2, 0.25) is 0 Å². The monoisotopic (exact) mass is 259 g/mol. The van der Waals surface area contributed by atoms with Crippen LogP contribution in [-0.2, 0) is 6.54 Å². The molecule has 0 saturated heterocycles. The largest absolute Gasteiger partial charge is 0.494 e. The standard InChI is InChI=1S/C13H16F3NO/c1-2-18-11-6-4-3-5-10(11)9-17-12(7-8-12)13(14,15)16/h3-6,17H,2,7-9H2,1H3. The molecule has 100 valence electrons. The SMILES string of the molecule is CCOc1ccccc1CNC1(C(F)(F)F)CC1. The summed E-state index contributed by atoms with van der Waals surface area (Å²) in [5.41, 5.74) is -0.915. The zero-order valence-corrected chi connectivity index (χ0v) is 10.2. The first-order valence-corrected chi connectivity index (χ1v) is 6.01. The summed E-state index contributed by atoms with van der Waals surface area (Å²) in [7, 11) is 0. The highest BCUT2D eigenvalue weighted by molar-refractivity contribution is 5.33. The third-order valence-corrected chi connectivity index (χ3v) is 3.18. The van der Waals surface area contributed by atoms with Gasteiger partial charge in [0.25, 0.3) is 0 Å². The lowest BCUT2D eigenvalue weighted by molar-refractivity contribution is -0.166. The molecule has 1 aliphatic rings. The van der Waals surface area contributed by atoms with Crippen LogP contribution in [0.3, 0.4) is 0 Å². The van der Waals surface area contributed by atoms with E-state index in [-0.39, 0.29) is 19.4 Å². The van der Waals surface area contributed by atoms with Crippen LogP contribution in [0, 0.1) is 0 Å². The van der Waals surface area contributed by atoms with Crippen molar-refractivity contribution < 1.29 is 17.9 Å². The first-order valence-electron chi connectivity index (χ1n) is 6.01. The molecule has 0 unspecified atom stereocenters. The smallest absolute Gasteiger partial charge is 0.406 e. The molecule has 1 fully saturated rings. The van der Waals surface area contributed by atoms with Gasteiger partial charge in [0.2, 0.25) is 0 Å². The normalized spacial score (nSPS) is 17.6. The lowest BCUT2D eigenvalue weighted by Crippen LogP contribution is -2.44. The van der Waals surface area contributed by atoms with E-state index >= 15 is 0 Å². The molecule has 0 aliphatic heterocycles. The summed E-state index contributed by atoms with van der Waals surface area (Å²) >= 11 is 0. The number of rotatable bonds is 5. The molecule has 0 heterocycles. The Balaban J connectivity index is 2.03. The van der Waals surface area contributed by atoms with Gasteiger partial charge in [0.15, 0.2) is 0 Å². The second-order valence-corrected chi connectivity index (χ2v) is 4.47. The molecule has 5 heteroatoms. The van der Waals surface area contributed by atoms with Gasteiger partial charge in [-0.2, -0.15) is 13.2 Å². The fourth-order valence-corrected chi connectivity index (χ4v) is 1.90. The Labute approximate surface area is 104 Å². The summed E-state index contributed by atoms with van der Waals surface area (Å²) in [6.07, 6.45) is -3.85. The van der Waals surface area contributed by atoms with E-state index in [4.69, 9.17) is 4.74 Å². The van der Waals surface area contributed by atoms with Crippen molar-refractivity contribution in [1.82, 2.24) is 5.32 Å². The van der Waals surface area contributed by atoms with Crippen molar-refractivity contribution in [3.63, 3.8) is 0 Å². The molecule has 2 rings (SSSR count). The van der Waals surface area contributed by atoms with E-state index < -0.39 is 11.7 Å². The maximum Gasteiger partial charge on any atom is 0.406 e. The number of ether oxygens (including phenoxy) is 1. The summed E-state index contributed by atoms with van der Waals surface area (Å²) in [6.45, 7) is 2.53. The van der Waals surface area contributed by atoms with Gasteiger partial charge in [-0.1, -0.05) is 18.2 Å². The van der Waals surface area contributed by atoms with Crippen LogP contribution in [0.25, 0.3) is 0 Å². The average Bonchev–Trinajstić information content (AvgIpc) is 3.09. The van der Waals surface area contributed by atoms with Gasteiger partial charge < -0.3 is 4.74 Å². The summed E-state index contributed by atoms with van der Waals surface area (Å²) in [5, 5.41) is 2.62. The summed E-state index contributed by atoms with van der Waals surface area (Å²) in [5.74, 6) is 0.644. The van der Waals surface area contributed by atoms with Crippen LogP contribution in [-0.4, -0.2) is 18.3 Å². The van der Waals surface area contributed by atoms with Crippen molar-refractivity contribution in [2.45, 2.75) is 38.0 Å². The number of halogens is 3. The Bertz CT molecular complexity index is 413. The lowest BCUT2D eigenvalue weighted by Gasteiger charge is -2.21. The molecule has 18 heavy (non-hydrogen) atoms. The predicted octanol–water partition coefficient (Wildman–Crippen LogP) is 3.27. The van der Waals surface area contributed by atoms with Crippen molar-refractivity contribution >= 4 is 0 Å². The van der Waals surface area contributed by atoms with Gasteiger partial charge >= 0.3 is 6.18 Å². The summed E-state index contributed by atoms with van der Waals surface area (Å²) < 4.78 is 43.6. The molecular formula is C13H16F3NO. The van der Waals surface area contributed by atoms with Crippen LogP contribution < -0.4 is 10.1 Å². The lowest BCUT2D eigenvalue weighted by atomic mass is 10.1. The predicted molar refractivity (Wildman–Crippen MR) is 62.5 cm³/mol. The molecule has 1 aliphatic carbocycles. The molecule has 2 nitrogen and oxygen atoms in total. The maximum atomic E-state index is 12.8. The Hall–Kier alpha value is -1.23. The molecule has 1 aromatic rings. The minimum absolute atomic E-state index is 0.160. The number of hydrogen-bond acceptors (Lipinski definition) is 2. The minimum atomic E-state index is -4.17. The van der Waals surface area contributed by atoms with E-state index in [0.29, 0.717) is 12.4 Å². The number of alkyl halides is 3. The Kier molecular flexibility index (Phi) is 3.52. The molecule has 0 radical (unpaired) electrons. The molecular weight excluding hydrogens is 243 g/mol. The minimum Gasteiger partial charge on any atom is -0.494 e. The summed E-state index contributed by atoms with van der Waals surface area (Å²) in [6, 6.07) is 7.16. The Morgan fingerprint density at radius 3 is 2.50 bits per heavy atom. The highest BCUT2D eigenvalue weighted by Gasteiger charge is 2.62. The number of benzene rings is 1. The van der Waals surface area contributed by atoms with E-state index in [2.05, 4.69) is 5.32 Å². The highest BCUT2D eigenvalue weighted by atomic mass is 19.4. The van der Waals surface area contributed by atoms with Crippen molar-refractivity contribution in [2.75, 3.05) is 6.61 Å². The van der Waals surface area contributed by atoms with Crippen LogP contribution >= 0.6 is 0 Å². The van der Waals surface area contributed by atoms with E-state index in [1.165, 1.54) is 0 Å². The zero-order valence-electron chi connectivity index (χ0n) is 10.2. The van der Waals surface area contributed by atoms with Gasteiger partial charge in [0, 0.05) is 12.1 Å². The molecule has 1 aromatic carbocycles. The number of nitrogens with one attached hydrogen (secondary N) is 1. The maximum absolute atomic E-state index is 12.8.